The zero-order valence-corrected chi connectivity index (χ0v) is 7.85. The van der Waals surface area contributed by atoms with E-state index in [1.165, 1.54) is 0 Å². The van der Waals surface area contributed by atoms with Crippen molar-refractivity contribution in [3.8, 4) is 17.0 Å². The Labute approximate surface area is 75.7 Å². The monoisotopic (exact) mass is 226 g/mol. The van der Waals surface area contributed by atoms with Crippen molar-refractivity contribution < 1.29 is 5.11 Å². The molecule has 2 rings (SSSR count). The Kier molecular flexibility index (Phi) is 1.94. The number of aromatic nitrogens is 2. The maximum absolute atomic E-state index is 9.03. The third kappa shape index (κ3) is 1.39. The molecular weight excluding hydrogens is 219 g/mol. The number of aromatic hydroxyl groups is 1. The number of phenolic OH excluding ortho intramolecular Hbond substituents is 1. The Balaban J connectivity index is 2.43. The third-order valence-corrected chi connectivity index (χ3v) is 2.58. The summed E-state index contributed by atoms with van der Waals surface area (Å²) >= 11 is 0.174. The Morgan fingerprint density at radius 1 is 1.17 bits per heavy atom. The second-order valence-corrected chi connectivity index (χ2v) is 3.62. The molecule has 1 aromatic carbocycles. The second kappa shape index (κ2) is 3.09. The van der Waals surface area contributed by atoms with Crippen molar-refractivity contribution in [3.05, 3.63) is 29.2 Å². The van der Waals surface area contributed by atoms with Crippen LogP contribution < -0.4 is 0 Å². The fourth-order valence-corrected chi connectivity index (χ4v) is 1.90. The van der Waals surface area contributed by atoms with Gasteiger partial charge in [-0.15, -0.1) is 0 Å². The molecule has 1 N–H and O–H groups in total. The van der Waals surface area contributed by atoms with E-state index in [-0.39, 0.29) is 20.5 Å². The van der Waals surface area contributed by atoms with E-state index in [0.717, 1.165) is 11.3 Å². The van der Waals surface area contributed by atoms with Crippen molar-refractivity contribution in [2.75, 3.05) is 0 Å². The summed E-state index contributed by atoms with van der Waals surface area (Å²) in [6.07, 6.45) is 0. The molecular formula is C8H6N2OSe. The van der Waals surface area contributed by atoms with Crippen LogP contribution in [-0.4, -0.2) is 29.0 Å². The first-order valence-corrected chi connectivity index (χ1v) is 5.18. The SMILES string of the molecule is Oc1ccc(-c2c[se]nn2)cc1. The van der Waals surface area contributed by atoms with E-state index in [0.29, 0.717) is 0 Å². The molecule has 0 atom stereocenters. The first-order valence-electron chi connectivity index (χ1n) is 3.43. The molecule has 0 saturated carbocycles. The van der Waals surface area contributed by atoms with Crippen molar-refractivity contribution in [2.24, 2.45) is 0 Å². The molecule has 0 spiro atoms. The van der Waals surface area contributed by atoms with Gasteiger partial charge in [0.05, 0.1) is 0 Å². The zero-order chi connectivity index (χ0) is 8.39. The molecule has 2 aromatic rings. The summed E-state index contributed by atoms with van der Waals surface area (Å²) in [5.74, 6) is 0.278. The minimum atomic E-state index is 0.174. The second-order valence-electron chi connectivity index (χ2n) is 2.34. The standard InChI is InChI=1S/C8H6N2OSe/c11-7-3-1-6(2-4-7)8-5-12-10-9-8/h1-5,11H. The summed E-state index contributed by atoms with van der Waals surface area (Å²) in [6.45, 7) is 0. The molecule has 60 valence electrons. The van der Waals surface area contributed by atoms with Gasteiger partial charge in [0.2, 0.25) is 0 Å². The fourth-order valence-electron chi connectivity index (χ4n) is 0.923. The van der Waals surface area contributed by atoms with Gasteiger partial charge in [0.1, 0.15) is 0 Å². The quantitative estimate of drug-likeness (QED) is 0.733. The van der Waals surface area contributed by atoms with Crippen LogP contribution in [0.25, 0.3) is 11.3 Å². The van der Waals surface area contributed by atoms with Gasteiger partial charge in [0.25, 0.3) is 0 Å². The van der Waals surface area contributed by atoms with Crippen LogP contribution in [0.2, 0.25) is 0 Å². The summed E-state index contributed by atoms with van der Waals surface area (Å²) in [5.41, 5.74) is 1.92. The van der Waals surface area contributed by atoms with Crippen LogP contribution in [0.4, 0.5) is 0 Å². The van der Waals surface area contributed by atoms with Crippen molar-refractivity contribution in [2.45, 2.75) is 0 Å². The van der Waals surface area contributed by atoms with Gasteiger partial charge in [-0.25, -0.2) is 0 Å². The summed E-state index contributed by atoms with van der Waals surface area (Å²) < 4.78 is 3.90. The summed E-state index contributed by atoms with van der Waals surface area (Å²) in [6, 6.07) is 6.97. The molecule has 4 heteroatoms. The van der Waals surface area contributed by atoms with E-state index in [4.69, 9.17) is 5.11 Å². The van der Waals surface area contributed by atoms with E-state index < -0.39 is 0 Å². The zero-order valence-electron chi connectivity index (χ0n) is 6.14. The average molecular weight is 225 g/mol. The average Bonchev–Trinajstić information content (AvgIpc) is 2.58. The molecule has 0 unspecified atom stereocenters. The van der Waals surface area contributed by atoms with Crippen molar-refractivity contribution in [1.29, 1.82) is 0 Å². The van der Waals surface area contributed by atoms with Gasteiger partial charge in [-0.1, -0.05) is 0 Å². The third-order valence-electron chi connectivity index (χ3n) is 1.52. The van der Waals surface area contributed by atoms with E-state index >= 15 is 0 Å². The van der Waals surface area contributed by atoms with Crippen LogP contribution in [-0.2, 0) is 0 Å². The fraction of sp³-hybridized carbons (Fsp3) is 0. The van der Waals surface area contributed by atoms with Gasteiger partial charge in [0.15, 0.2) is 0 Å². The van der Waals surface area contributed by atoms with E-state index in [1.54, 1.807) is 12.1 Å². The molecule has 0 amide bonds. The molecule has 0 fully saturated rings. The minimum absolute atomic E-state index is 0.174. The molecule has 1 aromatic heterocycles. The number of rotatable bonds is 1. The van der Waals surface area contributed by atoms with Crippen LogP contribution in [0.5, 0.6) is 5.75 Å². The molecule has 0 radical (unpaired) electrons. The van der Waals surface area contributed by atoms with Gasteiger partial charge in [-0.3, -0.25) is 0 Å². The van der Waals surface area contributed by atoms with Crippen LogP contribution in [0, 0.1) is 0 Å². The van der Waals surface area contributed by atoms with Crippen LogP contribution in [0.3, 0.4) is 0 Å². The van der Waals surface area contributed by atoms with Gasteiger partial charge in [-0.2, -0.15) is 0 Å². The van der Waals surface area contributed by atoms with Gasteiger partial charge in [0, 0.05) is 0 Å². The Bertz CT molecular complexity index is 355. The molecule has 1 heterocycles. The Morgan fingerprint density at radius 2 is 1.92 bits per heavy atom. The van der Waals surface area contributed by atoms with Gasteiger partial charge in [-0.05, 0) is 0 Å². The number of nitrogens with zero attached hydrogens (tertiary/aromatic N) is 2. The molecule has 0 aliphatic rings. The summed E-state index contributed by atoms with van der Waals surface area (Å²) in [4.78, 5) is 2.01. The van der Waals surface area contributed by atoms with Crippen LogP contribution in [0.15, 0.2) is 29.2 Å². The van der Waals surface area contributed by atoms with Crippen molar-refractivity contribution >= 4 is 14.7 Å². The number of benzene rings is 1. The van der Waals surface area contributed by atoms with Gasteiger partial charge < -0.3 is 0 Å². The maximum atomic E-state index is 9.03. The number of hydrogen-bond acceptors (Lipinski definition) is 3. The van der Waals surface area contributed by atoms with Crippen LogP contribution in [0.1, 0.15) is 0 Å². The van der Waals surface area contributed by atoms with E-state index in [1.807, 2.05) is 17.1 Å². The van der Waals surface area contributed by atoms with Crippen molar-refractivity contribution in [1.82, 2.24) is 9.19 Å². The first-order chi connectivity index (χ1) is 5.86. The number of hydrogen-bond donors (Lipinski definition) is 1. The Hall–Kier alpha value is -1.12. The predicted octanol–water partition coefficient (Wildman–Crippen LogP) is 0.906. The van der Waals surface area contributed by atoms with E-state index in [2.05, 4.69) is 9.19 Å². The summed E-state index contributed by atoms with van der Waals surface area (Å²) in [5, 5.41) is 13.0. The van der Waals surface area contributed by atoms with Crippen molar-refractivity contribution in [3.63, 3.8) is 0 Å². The molecule has 0 aliphatic carbocycles. The summed E-state index contributed by atoms with van der Waals surface area (Å²) in [7, 11) is 0. The molecule has 0 saturated heterocycles. The van der Waals surface area contributed by atoms with Gasteiger partial charge >= 0.3 is 75.2 Å². The number of phenols is 1. The van der Waals surface area contributed by atoms with E-state index in [9.17, 15) is 0 Å². The van der Waals surface area contributed by atoms with Crippen LogP contribution >= 0.6 is 0 Å². The molecule has 0 bridgehead atoms. The normalized spacial score (nSPS) is 10.0. The molecule has 3 nitrogen and oxygen atoms in total. The molecule has 12 heavy (non-hydrogen) atoms. The molecule has 0 aliphatic heterocycles. The topological polar surface area (TPSA) is 46.0 Å². The first kappa shape index (κ1) is 7.52. The Morgan fingerprint density at radius 3 is 2.50 bits per heavy atom. The predicted molar refractivity (Wildman–Crippen MR) is 46.1 cm³/mol.